The van der Waals surface area contributed by atoms with E-state index in [0.29, 0.717) is 6.42 Å². The number of rotatable bonds is 11. The maximum Gasteiger partial charge on any atom is 0.327 e. The molecule has 1 atom stereocenters. The summed E-state index contributed by atoms with van der Waals surface area (Å²) in [4.78, 5) is 0. The van der Waals surface area contributed by atoms with Crippen LogP contribution < -0.4 is 5.73 Å². The van der Waals surface area contributed by atoms with Crippen LogP contribution in [0.3, 0.4) is 0 Å². The van der Waals surface area contributed by atoms with Crippen molar-refractivity contribution in [3.63, 3.8) is 0 Å². The van der Waals surface area contributed by atoms with E-state index in [1.807, 2.05) is 0 Å². The van der Waals surface area contributed by atoms with Crippen LogP contribution in [0.1, 0.15) is 37.3 Å². The van der Waals surface area contributed by atoms with Gasteiger partial charge in [-0.1, -0.05) is 61.9 Å². The van der Waals surface area contributed by atoms with Gasteiger partial charge >= 0.3 is 8.69 Å². The highest BCUT2D eigenvalue weighted by atomic mass is 31.1. The quantitative estimate of drug-likeness (QED) is 0.567. The average Bonchev–Trinajstić information content (AvgIpc) is 2.70. The van der Waals surface area contributed by atoms with Gasteiger partial charge in [0.05, 0.1) is 18.8 Å². The number of nitrogens with two attached hydrogens (primary N) is 1. The number of aliphatic hydroxyl groups excluding tert-OH is 1. The summed E-state index contributed by atoms with van der Waals surface area (Å²) in [5.41, 5.74) is 10.1. The molecule has 0 aromatic heterocycles. The smallest absolute Gasteiger partial charge is 0.327 e. The zero-order valence-corrected chi connectivity index (χ0v) is 16.3. The van der Waals surface area contributed by atoms with Crippen molar-refractivity contribution in [2.75, 3.05) is 13.2 Å². The van der Waals surface area contributed by atoms with Crippen molar-refractivity contribution in [1.29, 1.82) is 0 Å². The Labute approximate surface area is 157 Å². The Hall–Kier alpha value is -1.58. The first kappa shape index (κ1) is 20.7. The van der Waals surface area contributed by atoms with Crippen LogP contribution in [0.25, 0.3) is 11.1 Å². The van der Waals surface area contributed by atoms with Crippen LogP contribution in [0.2, 0.25) is 0 Å². The number of aryl methyl sites for hydroxylation is 2. The zero-order valence-electron chi connectivity index (χ0n) is 15.4. The van der Waals surface area contributed by atoms with Crippen molar-refractivity contribution < 1.29 is 14.2 Å². The van der Waals surface area contributed by atoms with Crippen molar-refractivity contribution in [2.24, 2.45) is 5.73 Å². The van der Waals surface area contributed by atoms with Gasteiger partial charge in [-0.25, -0.2) is 4.57 Å². The molecule has 1 unspecified atom stereocenters. The van der Waals surface area contributed by atoms with E-state index in [-0.39, 0.29) is 13.2 Å². The third-order valence-electron chi connectivity index (χ3n) is 4.69. The Morgan fingerprint density at radius 2 is 1.54 bits per heavy atom. The SMILES string of the molecule is CCCCc1ccc(-c2ccc(CCC(N)(CO)COP=O)cc2)cc1. The van der Waals surface area contributed by atoms with Gasteiger partial charge in [0.25, 0.3) is 0 Å². The first-order valence-corrected chi connectivity index (χ1v) is 9.86. The zero-order chi connectivity index (χ0) is 18.8. The largest absolute Gasteiger partial charge is 0.394 e. The Bertz CT molecular complexity index is 673. The summed E-state index contributed by atoms with van der Waals surface area (Å²) in [6.45, 7) is 2.07. The average molecular weight is 373 g/mol. The summed E-state index contributed by atoms with van der Waals surface area (Å²) < 4.78 is 15.2. The van der Waals surface area contributed by atoms with E-state index in [1.165, 1.54) is 29.5 Å². The van der Waals surface area contributed by atoms with Crippen molar-refractivity contribution in [1.82, 2.24) is 0 Å². The van der Waals surface area contributed by atoms with Gasteiger partial charge in [0.15, 0.2) is 0 Å². The molecule has 140 valence electrons. The first-order valence-electron chi connectivity index (χ1n) is 9.13. The Morgan fingerprint density at radius 1 is 1.00 bits per heavy atom. The molecule has 0 fully saturated rings. The van der Waals surface area contributed by atoms with Gasteiger partial charge in [0.1, 0.15) is 0 Å². The van der Waals surface area contributed by atoms with Gasteiger partial charge < -0.3 is 10.8 Å². The number of hydrogen-bond donors (Lipinski definition) is 2. The van der Waals surface area contributed by atoms with Crippen molar-refractivity contribution >= 4 is 8.69 Å². The molecule has 0 aliphatic carbocycles. The monoisotopic (exact) mass is 373 g/mol. The van der Waals surface area contributed by atoms with Crippen LogP contribution in [-0.4, -0.2) is 23.9 Å². The molecule has 3 N–H and O–H groups in total. The molecule has 4 nitrogen and oxygen atoms in total. The summed E-state index contributed by atoms with van der Waals surface area (Å²) in [6, 6.07) is 17.2. The van der Waals surface area contributed by atoms with Gasteiger partial charge in [0, 0.05) is 0 Å². The summed E-state index contributed by atoms with van der Waals surface area (Å²) in [6.07, 6.45) is 4.87. The fourth-order valence-electron chi connectivity index (χ4n) is 2.85. The molecular formula is C21H28NO3P. The molecule has 0 heterocycles. The minimum absolute atomic E-state index is 0.0665. The molecule has 0 saturated heterocycles. The predicted octanol–water partition coefficient (Wildman–Crippen LogP) is 4.54. The number of benzene rings is 2. The van der Waals surface area contributed by atoms with Crippen LogP contribution in [0.4, 0.5) is 0 Å². The van der Waals surface area contributed by atoms with Gasteiger partial charge in [0.2, 0.25) is 0 Å². The Morgan fingerprint density at radius 3 is 2.00 bits per heavy atom. The lowest BCUT2D eigenvalue weighted by molar-refractivity contribution is 0.133. The van der Waals surface area contributed by atoms with Gasteiger partial charge in [-0.2, -0.15) is 0 Å². The maximum absolute atomic E-state index is 10.4. The summed E-state index contributed by atoms with van der Waals surface area (Å²) in [5.74, 6) is 0. The molecule has 0 spiro atoms. The molecule has 0 amide bonds. The van der Waals surface area contributed by atoms with Gasteiger partial charge in [-0.3, -0.25) is 4.52 Å². The highest BCUT2D eigenvalue weighted by Gasteiger charge is 2.24. The summed E-state index contributed by atoms with van der Waals surface area (Å²) in [7, 11) is -0.413. The topological polar surface area (TPSA) is 72.6 Å². The molecule has 5 heteroatoms. The Kier molecular flexibility index (Phi) is 8.40. The highest BCUT2D eigenvalue weighted by molar-refractivity contribution is 7.17. The molecule has 26 heavy (non-hydrogen) atoms. The van der Waals surface area contributed by atoms with E-state index < -0.39 is 14.2 Å². The summed E-state index contributed by atoms with van der Waals surface area (Å²) >= 11 is 0. The van der Waals surface area contributed by atoms with Crippen molar-refractivity contribution in [3.05, 3.63) is 59.7 Å². The van der Waals surface area contributed by atoms with E-state index in [0.717, 1.165) is 18.4 Å². The third kappa shape index (κ3) is 6.30. The van der Waals surface area contributed by atoms with Crippen molar-refractivity contribution in [3.8, 4) is 11.1 Å². The van der Waals surface area contributed by atoms with E-state index in [9.17, 15) is 9.67 Å². The molecule has 2 aromatic rings. The second kappa shape index (κ2) is 10.5. The minimum Gasteiger partial charge on any atom is -0.394 e. The minimum atomic E-state index is -0.871. The molecular weight excluding hydrogens is 345 g/mol. The standard InChI is InChI=1S/C21H28NO3P/c1-2-3-4-17-5-9-19(10-6-17)20-11-7-18(8-12-20)13-14-21(22,15-23)16-25-26-24/h5-12,23H,2-4,13-16,22H2,1H3. The molecule has 0 saturated carbocycles. The third-order valence-corrected chi connectivity index (χ3v) is 4.93. The van der Waals surface area contributed by atoms with Crippen molar-refractivity contribution in [2.45, 2.75) is 44.6 Å². The fourth-order valence-corrected chi connectivity index (χ4v) is 3.16. The van der Waals surface area contributed by atoms with E-state index in [2.05, 4.69) is 55.5 Å². The van der Waals surface area contributed by atoms with Gasteiger partial charge in [-0.05, 0) is 47.9 Å². The second-order valence-electron chi connectivity index (χ2n) is 6.87. The lowest BCUT2D eigenvalue weighted by Crippen LogP contribution is -2.47. The molecule has 2 rings (SSSR count). The maximum atomic E-state index is 10.4. The van der Waals surface area contributed by atoms with Crippen LogP contribution >= 0.6 is 8.69 Å². The number of hydrogen-bond acceptors (Lipinski definition) is 4. The lowest BCUT2D eigenvalue weighted by atomic mass is 9.93. The normalized spacial score (nSPS) is 13.7. The molecule has 0 bridgehead atoms. The number of unbranched alkanes of at least 4 members (excludes halogenated alkanes) is 1. The van der Waals surface area contributed by atoms with E-state index >= 15 is 0 Å². The summed E-state index contributed by atoms with van der Waals surface area (Å²) in [5, 5.41) is 9.45. The van der Waals surface area contributed by atoms with Crippen LogP contribution in [0, 0.1) is 0 Å². The van der Waals surface area contributed by atoms with Crippen LogP contribution in [-0.2, 0) is 21.9 Å². The van der Waals surface area contributed by atoms with E-state index in [4.69, 9.17) is 10.3 Å². The molecule has 0 aliphatic heterocycles. The van der Waals surface area contributed by atoms with Crippen LogP contribution in [0.5, 0.6) is 0 Å². The van der Waals surface area contributed by atoms with E-state index in [1.54, 1.807) is 0 Å². The first-order chi connectivity index (χ1) is 12.6. The molecule has 0 radical (unpaired) electrons. The fraction of sp³-hybridized carbons (Fsp3) is 0.429. The number of aliphatic hydroxyl groups is 1. The molecule has 2 aromatic carbocycles. The van der Waals surface area contributed by atoms with Crippen LogP contribution in [0.15, 0.2) is 48.5 Å². The lowest BCUT2D eigenvalue weighted by Gasteiger charge is -2.25. The predicted molar refractivity (Wildman–Crippen MR) is 106 cm³/mol. The molecule has 0 aliphatic rings. The second-order valence-corrected chi connectivity index (χ2v) is 7.27. The van der Waals surface area contributed by atoms with Gasteiger partial charge in [-0.15, -0.1) is 0 Å². The Balaban J connectivity index is 1.96. The highest BCUT2D eigenvalue weighted by Crippen LogP contribution is 2.22.